The molecule has 0 heterocycles. The molecule has 0 rings (SSSR count). The molecule has 0 spiro atoms. The molecule has 5 atom stereocenters. The first-order valence-electron chi connectivity index (χ1n) is 34.5. The van der Waals surface area contributed by atoms with Crippen LogP contribution in [0.15, 0.2) is 0 Å². The summed E-state index contributed by atoms with van der Waals surface area (Å²) in [4.78, 5) is 72.3. The minimum Gasteiger partial charge on any atom is -0.462 e. The van der Waals surface area contributed by atoms with Crippen molar-refractivity contribution >= 4 is 39.5 Å². The fraction of sp³-hybridized carbons (Fsp3) is 0.939. The Balaban J connectivity index is 5.23. The molecule has 3 N–H and O–H groups in total. The van der Waals surface area contributed by atoms with Crippen molar-refractivity contribution in [2.75, 3.05) is 39.6 Å². The van der Waals surface area contributed by atoms with E-state index in [1.54, 1.807) is 0 Å². The van der Waals surface area contributed by atoms with Gasteiger partial charge in [-0.15, -0.1) is 0 Å². The Morgan fingerprint density at radius 2 is 0.541 bits per heavy atom. The lowest BCUT2D eigenvalue weighted by atomic mass is 10.0. The Morgan fingerprint density at radius 3 is 0.800 bits per heavy atom. The van der Waals surface area contributed by atoms with Crippen LogP contribution in [0, 0.1) is 11.8 Å². The lowest BCUT2D eigenvalue weighted by Gasteiger charge is -2.21. The maximum atomic E-state index is 13.0. The van der Waals surface area contributed by atoms with Gasteiger partial charge in [0.1, 0.15) is 19.3 Å². The summed E-state index contributed by atoms with van der Waals surface area (Å²) in [6.07, 6.45) is 41.8. The molecule has 85 heavy (non-hydrogen) atoms. The second-order valence-electron chi connectivity index (χ2n) is 24.8. The molecule has 0 bridgehead atoms. The van der Waals surface area contributed by atoms with Crippen molar-refractivity contribution in [3.63, 3.8) is 0 Å². The molecule has 0 aromatic rings. The van der Waals surface area contributed by atoms with E-state index in [2.05, 4.69) is 41.5 Å². The molecule has 0 aliphatic rings. The van der Waals surface area contributed by atoms with E-state index in [1.165, 1.54) is 148 Å². The first-order valence-corrected chi connectivity index (χ1v) is 37.5. The third-order valence-electron chi connectivity index (χ3n) is 15.2. The van der Waals surface area contributed by atoms with Crippen molar-refractivity contribution in [3.8, 4) is 0 Å². The molecule has 0 aliphatic heterocycles. The van der Waals surface area contributed by atoms with Crippen LogP contribution >= 0.6 is 15.6 Å². The van der Waals surface area contributed by atoms with Gasteiger partial charge in [0.25, 0.3) is 0 Å². The number of aliphatic hydroxyl groups excluding tert-OH is 1. The van der Waals surface area contributed by atoms with Crippen LogP contribution in [0.3, 0.4) is 0 Å². The number of carbonyl (C=O) groups excluding carboxylic acids is 4. The lowest BCUT2D eigenvalue weighted by Crippen LogP contribution is -2.30. The molecular formula is C66H128O17P2. The number of rotatable bonds is 65. The highest BCUT2D eigenvalue weighted by molar-refractivity contribution is 7.47. The van der Waals surface area contributed by atoms with Gasteiger partial charge in [-0.25, -0.2) is 9.13 Å². The summed E-state index contributed by atoms with van der Waals surface area (Å²) in [7, 11) is -9.89. The molecule has 0 aromatic carbocycles. The van der Waals surface area contributed by atoms with Gasteiger partial charge in [-0.1, -0.05) is 279 Å². The van der Waals surface area contributed by atoms with Crippen molar-refractivity contribution in [1.29, 1.82) is 0 Å². The Hall–Kier alpha value is -1.94. The molecule has 0 fully saturated rings. The van der Waals surface area contributed by atoms with Crippen LogP contribution in [0.4, 0.5) is 0 Å². The third kappa shape index (κ3) is 60.7. The SMILES string of the molecule is CCCCCCCCCCCCCCCCC(=O)O[C@H](COC(=O)CCCCCCCCCCCCC(C)C)COP(=O)(O)OC[C@@H](O)COP(=O)(O)OC[C@@H](COC(=O)CCCCCCCCCCC)OC(=O)CCCCCCCCC(C)C. The number of hydrogen-bond acceptors (Lipinski definition) is 15. The van der Waals surface area contributed by atoms with E-state index < -0.39 is 97.5 Å². The van der Waals surface area contributed by atoms with E-state index in [0.29, 0.717) is 31.6 Å². The molecular weight excluding hydrogens is 1130 g/mol. The summed E-state index contributed by atoms with van der Waals surface area (Å²) >= 11 is 0. The molecule has 19 heteroatoms. The van der Waals surface area contributed by atoms with Crippen molar-refractivity contribution in [2.24, 2.45) is 11.8 Å². The number of carbonyl (C=O) groups is 4. The molecule has 17 nitrogen and oxygen atoms in total. The molecule has 0 aromatic heterocycles. The predicted molar refractivity (Wildman–Crippen MR) is 340 cm³/mol. The number of aliphatic hydroxyl groups is 1. The van der Waals surface area contributed by atoms with Gasteiger partial charge in [0.05, 0.1) is 26.4 Å². The summed E-state index contributed by atoms with van der Waals surface area (Å²) in [5, 5.41) is 10.5. The number of hydrogen-bond donors (Lipinski definition) is 3. The van der Waals surface area contributed by atoms with E-state index >= 15 is 0 Å². The van der Waals surface area contributed by atoms with Crippen LogP contribution in [-0.4, -0.2) is 96.7 Å². The predicted octanol–water partition coefficient (Wildman–Crippen LogP) is 18.4. The minimum absolute atomic E-state index is 0.102. The Kier molecular flexibility index (Phi) is 57.1. The number of esters is 4. The molecule has 504 valence electrons. The van der Waals surface area contributed by atoms with Gasteiger partial charge in [-0.05, 0) is 37.5 Å². The van der Waals surface area contributed by atoms with Crippen LogP contribution in [0.25, 0.3) is 0 Å². The Morgan fingerprint density at radius 1 is 0.318 bits per heavy atom. The van der Waals surface area contributed by atoms with Gasteiger partial charge in [-0.3, -0.25) is 37.3 Å². The van der Waals surface area contributed by atoms with Crippen molar-refractivity contribution < 1.29 is 80.2 Å². The normalized spacial score (nSPS) is 14.2. The zero-order valence-corrected chi connectivity index (χ0v) is 56.7. The van der Waals surface area contributed by atoms with Crippen molar-refractivity contribution in [1.82, 2.24) is 0 Å². The minimum atomic E-state index is -4.95. The van der Waals surface area contributed by atoms with E-state index in [9.17, 15) is 43.2 Å². The van der Waals surface area contributed by atoms with Crippen molar-refractivity contribution in [2.45, 2.75) is 349 Å². The number of unbranched alkanes of at least 4 members (excludes halogenated alkanes) is 35. The first kappa shape index (κ1) is 83.1. The van der Waals surface area contributed by atoms with E-state index in [4.69, 9.17) is 37.0 Å². The van der Waals surface area contributed by atoms with Gasteiger partial charge in [0.15, 0.2) is 12.2 Å². The zero-order chi connectivity index (χ0) is 62.9. The Labute approximate surface area is 517 Å². The highest BCUT2D eigenvalue weighted by atomic mass is 31.2. The molecule has 2 unspecified atom stereocenters. The standard InChI is InChI=1S/C66H128O17P2/c1-7-9-11-13-15-17-18-19-20-21-27-31-38-44-50-65(70)82-61(54-77-64(69)49-43-37-30-26-23-22-25-28-34-40-46-58(3)4)56-80-84(72,73)78-52-60(67)53-79-85(74,75)81-57-62(83-66(71)51-45-39-33-32-35-41-47-59(5)6)55-76-63(68)48-42-36-29-24-16-14-12-10-8-2/h58-62,67H,7-57H2,1-6H3,(H,72,73)(H,74,75)/t60-,61-,62-/m1/s1. The number of phosphoric ester groups is 2. The zero-order valence-electron chi connectivity index (χ0n) is 54.9. The van der Waals surface area contributed by atoms with Crippen LogP contribution in [0.5, 0.6) is 0 Å². The fourth-order valence-electron chi connectivity index (χ4n) is 9.88. The smallest absolute Gasteiger partial charge is 0.462 e. The molecule has 0 radical (unpaired) electrons. The van der Waals surface area contributed by atoms with Crippen LogP contribution < -0.4 is 0 Å². The first-order chi connectivity index (χ1) is 40.9. The van der Waals surface area contributed by atoms with Gasteiger partial charge in [0, 0.05) is 25.7 Å². The number of phosphoric acid groups is 2. The maximum absolute atomic E-state index is 13.0. The van der Waals surface area contributed by atoms with E-state index in [0.717, 1.165) is 95.8 Å². The average Bonchev–Trinajstić information content (AvgIpc) is 3.48. The summed E-state index contributed by atoms with van der Waals surface area (Å²) in [6, 6.07) is 0. The van der Waals surface area contributed by atoms with Crippen LogP contribution in [0.1, 0.15) is 330 Å². The maximum Gasteiger partial charge on any atom is 0.472 e. The molecule has 0 amide bonds. The summed E-state index contributed by atoms with van der Waals surface area (Å²) in [6.45, 7) is 9.40. The van der Waals surface area contributed by atoms with Gasteiger partial charge in [0.2, 0.25) is 0 Å². The third-order valence-corrected chi connectivity index (χ3v) is 17.1. The van der Waals surface area contributed by atoms with Crippen LogP contribution in [0.2, 0.25) is 0 Å². The second kappa shape index (κ2) is 58.4. The molecule has 0 saturated heterocycles. The van der Waals surface area contributed by atoms with E-state index in [-0.39, 0.29) is 25.7 Å². The average molecular weight is 1260 g/mol. The largest absolute Gasteiger partial charge is 0.472 e. The van der Waals surface area contributed by atoms with Gasteiger partial charge >= 0.3 is 39.5 Å². The highest BCUT2D eigenvalue weighted by Gasteiger charge is 2.30. The quantitative estimate of drug-likeness (QED) is 0.0222. The summed E-state index contributed by atoms with van der Waals surface area (Å²) in [5.41, 5.74) is 0. The second-order valence-corrected chi connectivity index (χ2v) is 27.7. The monoisotopic (exact) mass is 1250 g/mol. The summed E-state index contributed by atoms with van der Waals surface area (Å²) in [5.74, 6) is -0.706. The fourth-order valence-corrected chi connectivity index (χ4v) is 11.5. The number of ether oxygens (including phenoxy) is 4. The van der Waals surface area contributed by atoms with Crippen molar-refractivity contribution in [3.05, 3.63) is 0 Å². The lowest BCUT2D eigenvalue weighted by molar-refractivity contribution is -0.161. The summed E-state index contributed by atoms with van der Waals surface area (Å²) < 4.78 is 68.0. The van der Waals surface area contributed by atoms with Gasteiger partial charge in [-0.2, -0.15) is 0 Å². The van der Waals surface area contributed by atoms with Crippen LogP contribution in [-0.2, 0) is 65.4 Å². The van der Waals surface area contributed by atoms with E-state index in [1.807, 2.05) is 0 Å². The topological polar surface area (TPSA) is 237 Å². The molecule has 0 saturated carbocycles. The van der Waals surface area contributed by atoms with Gasteiger partial charge < -0.3 is 33.8 Å². The Bertz CT molecular complexity index is 1670. The highest BCUT2D eigenvalue weighted by Crippen LogP contribution is 2.45. The molecule has 0 aliphatic carbocycles.